The van der Waals surface area contributed by atoms with E-state index in [9.17, 15) is 0 Å². The summed E-state index contributed by atoms with van der Waals surface area (Å²) in [7, 11) is 0. The molecule has 0 bridgehead atoms. The predicted octanol–water partition coefficient (Wildman–Crippen LogP) is 5.64. The van der Waals surface area contributed by atoms with Crippen LogP contribution in [-0.4, -0.2) is 31.1 Å². The molecule has 29 heavy (non-hydrogen) atoms. The molecule has 0 saturated carbocycles. The highest BCUT2D eigenvalue weighted by molar-refractivity contribution is 5.85. The second kappa shape index (κ2) is 12.9. The molecule has 0 amide bonds. The molecule has 0 aromatic heterocycles. The molecule has 1 atom stereocenters. The lowest BCUT2D eigenvalue weighted by Gasteiger charge is -2.35. The van der Waals surface area contributed by atoms with Gasteiger partial charge in [-0.2, -0.15) is 0 Å². The summed E-state index contributed by atoms with van der Waals surface area (Å²) >= 11 is 0. The number of nitrogens with one attached hydrogen (secondary N) is 1. The molecule has 3 rings (SSSR count). The van der Waals surface area contributed by atoms with Gasteiger partial charge in [-0.15, -0.1) is 31.4 Å². The van der Waals surface area contributed by atoms with Crippen molar-refractivity contribution in [3.63, 3.8) is 0 Å². The van der Waals surface area contributed by atoms with Crippen molar-refractivity contribution in [1.82, 2.24) is 10.2 Å². The number of hydrogen-bond donors (Lipinski definition) is 1. The SMILES string of the molecule is C=CCC[C@@H](c1cc(C)c(OCc2ccccc2)c(C)c1)N1CCNCC1.Cl.Cl. The fraction of sp³-hybridized carbons (Fsp3) is 0.417. The lowest BCUT2D eigenvalue weighted by molar-refractivity contribution is 0.166. The molecule has 0 spiro atoms. The molecule has 0 radical (unpaired) electrons. The summed E-state index contributed by atoms with van der Waals surface area (Å²) < 4.78 is 6.18. The maximum atomic E-state index is 6.18. The van der Waals surface area contributed by atoms with E-state index in [2.05, 4.69) is 67.0 Å². The van der Waals surface area contributed by atoms with E-state index in [-0.39, 0.29) is 24.8 Å². The Morgan fingerprint density at radius 1 is 1.07 bits per heavy atom. The van der Waals surface area contributed by atoms with Crippen molar-refractivity contribution in [2.75, 3.05) is 26.2 Å². The predicted molar refractivity (Wildman–Crippen MR) is 128 cm³/mol. The Labute approximate surface area is 188 Å². The highest BCUT2D eigenvalue weighted by atomic mass is 35.5. The van der Waals surface area contributed by atoms with Gasteiger partial charge in [-0.05, 0) is 48.9 Å². The molecule has 1 aliphatic heterocycles. The maximum absolute atomic E-state index is 6.18. The molecule has 1 saturated heterocycles. The molecule has 1 aliphatic rings. The van der Waals surface area contributed by atoms with E-state index in [1.807, 2.05) is 12.1 Å². The van der Waals surface area contributed by atoms with E-state index >= 15 is 0 Å². The van der Waals surface area contributed by atoms with Crippen LogP contribution in [0.15, 0.2) is 55.1 Å². The Morgan fingerprint density at radius 2 is 1.69 bits per heavy atom. The summed E-state index contributed by atoms with van der Waals surface area (Å²) in [5, 5.41) is 3.46. The minimum absolute atomic E-state index is 0. The van der Waals surface area contributed by atoms with Gasteiger partial charge in [-0.25, -0.2) is 0 Å². The van der Waals surface area contributed by atoms with Crippen LogP contribution in [0.25, 0.3) is 0 Å². The first-order valence-electron chi connectivity index (χ1n) is 10.0. The van der Waals surface area contributed by atoms with Crippen LogP contribution in [0, 0.1) is 13.8 Å². The zero-order chi connectivity index (χ0) is 19.1. The number of allylic oxidation sites excluding steroid dienone is 1. The first kappa shape index (κ1) is 25.5. The van der Waals surface area contributed by atoms with Gasteiger partial charge in [0.1, 0.15) is 12.4 Å². The van der Waals surface area contributed by atoms with Crippen LogP contribution in [0.2, 0.25) is 0 Å². The Balaban J connectivity index is 0.00000210. The molecule has 1 N–H and O–H groups in total. The Kier molecular flexibility index (Phi) is 11.4. The van der Waals surface area contributed by atoms with E-state index in [0.717, 1.165) is 44.8 Å². The molecule has 1 fully saturated rings. The number of aryl methyl sites for hydroxylation is 2. The average Bonchev–Trinajstić information content (AvgIpc) is 2.69. The molecule has 2 aromatic carbocycles. The number of piperazine rings is 1. The van der Waals surface area contributed by atoms with Gasteiger partial charge in [0, 0.05) is 32.2 Å². The first-order valence-corrected chi connectivity index (χ1v) is 10.0. The molecule has 2 aromatic rings. The summed E-state index contributed by atoms with van der Waals surface area (Å²) in [6.07, 6.45) is 4.19. The van der Waals surface area contributed by atoms with Gasteiger partial charge in [0.25, 0.3) is 0 Å². The van der Waals surface area contributed by atoms with Crippen LogP contribution in [0.5, 0.6) is 5.75 Å². The van der Waals surface area contributed by atoms with E-state index in [4.69, 9.17) is 4.74 Å². The Morgan fingerprint density at radius 3 is 2.28 bits per heavy atom. The monoisotopic (exact) mass is 436 g/mol. The molecule has 160 valence electrons. The van der Waals surface area contributed by atoms with E-state index in [1.54, 1.807) is 0 Å². The summed E-state index contributed by atoms with van der Waals surface area (Å²) in [6.45, 7) is 13.2. The van der Waals surface area contributed by atoms with Crippen molar-refractivity contribution in [1.29, 1.82) is 0 Å². The van der Waals surface area contributed by atoms with Crippen molar-refractivity contribution in [2.45, 2.75) is 39.3 Å². The van der Waals surface area contributed by atoms with Gasteiger partial charge in [0.15, 0.2) is 0 Å². The van der Waals surface area contributed by atoms with Crippen molar-refractivity contribution in [2.24, 2.45) is 0 Å². The van der Waals surface area contributed by atoms with E-state index in [0.29, 0.717) is 12.6 Å². The van der Waals surface area contributed by atoms with Gasteiger partial charge in [-0.1, -0.05) is 48.5 Å². The van der Waals surface area contributed by atoms with Crippen LogP contribution in [0.1, 0.15) is 41.1 Å². The lowest BCUT2D eigenvalue weighted by atomic mass is 9.95. The lowest BCUT2D eigenvalue weighted by Crippen LogP contribution is -2.45. The maximum Gasteiger partial charge on any atom is 0.125 e. The normalized spacial score (nSPS) is 15.0. The second-order valence-corrected chi connectivity index (χ2v) is 7.43. The van der Waals surface area contributed by atoms with Crippen LogP contribution in [-0.2, 0) is 6.61 Å². The fourth-order valence-electron chi connectivity index (χ4n) is 3.96. The van der Waals surface area contributed by atoms with E-state index < -0.39 is 0 Å². The fourth-order valence-corrected chi connectivity index (χ4v) is 3.96. The third kappa shape index (κ3) is 7.04. The van der Waals surface area contributed by atoms with Crippen molar-refractivity contribution < 1.29 is 4.74 Å². The van der Waals surface area contributed by atoms with Crippen molar-refractivity contribution in [3.05, 3.63) is 77.4 Å². The largest absolute Gasteiger partial charge is 0.488 e. The first-order chi connectivity index (χ1) is 13.2. The van der Waals surface area contributed by atoms with Gasteiger partial charge < -0.3 is 10.1 Å². The highest BCUT2D eigenvalue weighted by Gasteiger charge is 2.23. The summed E-state index contributed by atoms with van der Waals surface area (Å²) in [4.78, 5) is 2.61. The summed E-state index contributed by atoms with van der Waals surface area (Å²) in [6, 6.07) is 15.5. The van der Waals surface area contributed by atoms with Gasteiger partial charge in [0.05, 0.1) is 0 Å². The Hall–Kier alpha value is -1.52. The Bertz CT molecular complexity index is 723. The van der Waals surface area contributed by atoms with E-state index in [1.165, 1.54) is 22.3 Å². The third-order valence-corrected chi connectivity index (χ3v) is 5.33. The summed E-state index contributed by atoms with van der Waals surface area (Å²) in [5.74, 6) is 1.02. The van der Waals surface area contributed by atoms with Gasteiger partial charge in [0.2, 0.25) is 0 Å². The second-order valence-electron chi connectivity index (χ2n) is 7.43. The minimum Gasteiger partial charge on any atom is -0.488 e. The molecular weight excluding hydrogens is 403 g/mol. The minimum atomic E-state index is 0. The zero-order valence-electron chi connectivity index (χ0n) is 17.5. The van der Waals surface area contributed by atoms with Gasteiger partial charge in [-0.3, -0.25) is 4.90 Å². The van der Waals surface area contributed by atoms with Crippen LogP contribution in [0.3, 0.4) is 0 Å². The zero-order valence-corrected chi connectivity index (χ0v) is 19.2. The summed E-state index contributed by atoms with van der Waals surface area (Å²) in [5.41, 5.74) is 5.05. The van der Waals surface area contributed by atoms with Gasteiger partial charge >= 0.3 is 0 Å². The number of nitrogens with zero attached hydrogens (tertiary/aromatic N) is 1. The van der Waals surface area contributed by atoms with Crippen molar-refractivity contribution >= 4 is 24.8 Å². The quantitative estimate of drug-likeness (QED) is 0.541. The molecule has 1 heterocycles. The van der Waals surface area contributed by atoms with Crippen LogP contribution < -0.4 is 10.1 Å². The van der Waals surface area contributed by atoms with Crippen LogP contribution >= 0.6 is 24.8 Å². The smallest absolute Gasteiger partial charge is 0.125 e. The highest BCUT2D eigenvalue weighted by Crippen LogP contribution is 2.33. The molecule has 0 unspecified atom stereocenters. The number of hydrogen-bond acceptors (Lipinski definition) is 3. The molecule has 3 nitrogen and oxygen atoms in total. The van der Waals surface area contributed by atoms with Crippen molar-refractivity contribution in [3.8, 4) is 5.75 Å². The standard InChI is InChI=1S/C24H32N2O.2ClH/c1-4-5-11-23(26-14-12-25-13-15-26)22-16-19(2)24(20(3)17-22)27-18-21-9-7-6-8-10-21;;/h4,6-10,16-17,23,25H,1,5,11-15,18H2,2-3H3;2*1H/t23-;;/m0../s1. The number of halogens is 2. The number of benzene rings is 2. The molecule has 0 aliphatic carbocycles. The molecular formula is C24H34Cl2N2O. The number of rotatable bonds is 8. The average molecular weight is 437 g/mol. The number of ether oxygens (including phenoxy) is 1. The topological polar surface area (TPSA) is 24.5 Å². The molecule has 5 heteroatoms. The van der Waals surface area contributed by atoms with Crippen LogP contribution in [0.4, 0.5) is 0 Å². The third-order valence-electron chi connectivity index (χ3n) is 5.33.